The zero-order chi connectivity index (χ0) is 52.2. The minimum Gasteiger partial charge on any atom is -0.756 e. The summed E-state index contributed by atoms with van der Waals surface area (Å²) >= 11 is 0. The zero-order valence-electron chi connectivity index (χ0n) is 40.0. The lowest BCUT2D eigenvalue weighted by Crippen LogP contribution is -3.11. The van der Waals surface area contributed by atoms with Crippen LogP contribution in [0.1, 0.15) is 75.0 Å². The van der Waals surface area contributed by atoms with Crippen molar-refractivity contribution < 1.29 is 98.9 Å². The number of phosphoric acid groups is 1. The molecule has 390 valence electrons. The molecule has 0 aliphatic carbocycles. The summed E-state index contributed by atoms with van der Waals surface area (Å²) in [6, 6.07) is -0.612. The molecule has 26 nitrogen and oxygen atoms in total. The summed E-state index contributed by atoms with van der Waals surface area (Å²) in [4.78, 5) is 115. The average Bonchev–Trinajstić information content (AvgIpc) is 3.57. The molecule has 3 rings (SSSR count). The number of aromatic amines is 1. The van der Waals surface area contributed by atoms with Gasteiger partial charge in [0.1, 0.15) is 18.8 Å². The fourth-order valence-corrected chi connectivity index (χ4v) is 10.1. The smallest absolute Gasteiger partial charge is 0.360 e. The van der Waals surface area contributed by atoms with Gasteiger partial charge in [0.2, 0.25) is 5.91 Å². The SMILES string of the molecule is C=CCOP(=O)(OCC=C)C(C[C@H]1O[C@H](COC(C)=O)[C@@H](OC(C)=O)[C@H](OC(C)=O)[C@H]1NC(C)=O)OP(=O)([O-])OC[C@H]1O[C@@H](n2ccc(=O)[nH]c2=O)[C@H](OC(C)=O)[C@@H]1OC(C)=O.CC[NH+](CC)CC. The standard InChI is InChI=1S/C35H49N3O22P2.C6H15N/c1-9-13-51-61(47,52-14-10-2)28(15-24-29(36-18(3)39)32(56-22(7)43)30(54-20(5)41)25(58-24)16-50-19(4)40)60-62(48,49)53-17-26-31(55-21(6)42)33(57-23(8)44)34(59-26)38-12-11-27(45)37-35(38)46;1-4-7(5-2)6-3/h9-12,24-26,28-34H,1-2,13-17H2,3-8H3,(H,36,39)(H,48,49)(H,37,45,46);4-6H2,1-3H3/t24-,25-,26-,28?,29+,30-,31-,32-,33-,34-;/m1./s1. The number of hydrogen-bond donors (Lipinski definition) is 3. The Morgan fingerprint density at radius 2 is 1.25 bits per heavy atom. The number of esters is 5. The van der Waals surface area contributed by atoms with Crippen LogP contribution in [0.3, 0.4) is 0 Å². The summed E-state index contributed by atoms with van der Waals surface area (Å²) in [6.07, 6.45) is -10.5. The number of rotatable bonds is 25. The van der Waals surface area contributed by atoms with E-state index in [0.717, 1.165) is 70.5 Å². The molecule has 1 aromatic heterocycles. The van der Waals surface area contributed by atoms with Crippen molar-refractivity contribution in [3.05, 3.63) is 58.4 Å². The Morgan fingerprint density at radius 1 is 0.754 bits per heavy atom. The third-order valence-electron chi connectivity index (χ3n) is 9.91. The molecule has 2 unspecified atom stereocenters. The van der Waals surface area contributed by atoms with Gasteiger partial charge in [-0.2, -0.15) is 0 Å². The first-order valence-corrected chi connectivity index (χ1v) is 24.7. The Kier molecular flexibility index (Phi) is 25.1. The number of nitrogens with one attached hydrogen (secondary N) is 3. The number of H-pyrrole nitrogens is 1. The molecular weight excluding hydrogens is 962 g/mol. The van der Waals surface area contributed by atoms with Crippen molar-refractivity contribution in [2.24, 2.45) is 0 Å². The summed E-state index contributed by atoms with van der Waals surface area (Å²) in [5.41, 5.74) is -1.85. The quantitative estimate of drug-likeness (QED) is 0.0492. The molecular formula is C41H64N4O22P2. The Labute approximate surface area is 398 Å². The predicted molar refractivity (Wildman–Crippen MR) is 236 cm³/mol. The fraction of sp³-hybridized carbons (Fsp3) is 0.659. The summed E-state index contributed by atoms with van der Waals surface area (Å²) in [7, 11) is -10.7. The molecule has 3 N–H and O–H groups in total. The van der Waals surface area contributed by atoms with E-state index >= 15 is 0 Å². The number of hydrogen-bond acceptors (Lipinski definition) is 22. The highest BCUT2D eigenvalue weighted by atomic mass is 31.2. The van der Waals surface area contributed by atoms with Crippen LogP contribution in [0.15, 0.2) is 47.2 Å². The van der Waals surface area contributed by atoms with E-state index < -0.39 is 156 Å². The van der Waals surface area contributed by atoms with E-state index in [4.69, 9.17) is 51.3 Å². The molecule has 0 bridgehead atoms. The summed E-state index contributed by atoms with van der Waals surface area (Å²) in [5.74, 6) is -7.62. The van der Waals surface area contributed by atoms with Crippen LogP contribution in [-0.4, -0.2) is 146 Å². The number of ether oxygens (including phenoxy) is 7. The molecule has 0 spiro atoms. The van der Waals surface area contributed by atoms with Crippen molar-refractivity contribution in [2.45, 2.75) is 130 Å². The molecule has 28 heteroatoms. The fourth-order valence-electron chi connectivity index (χ4n) is 7.01. The molecule has 0 saturated carbocycles. The first-order valence-electron chi connectivity index (χ1n) is 21.6. The van der Waals surface area contributed by atoms with Gasteiger partial charge in [-0.05, 0) is 20.8 Å². The second-order valence-electron chi connectivity index (χ2n) is 15.2. The number of nitrogens with zero attached hydrogens (tertiary/aromatic N) is 1. The van der Waals surface area contributed by atoms with Crippen molar-refractivity contribution in [3.8, 4) is 0 Å². The van der Waals surface area contributed by atoms with Crippen LogP contribution in [0.4, 0.5) is 0 Å². The van der Waals surface area contributed by atoms with E-state index in [2.05, 4.69) is 39.2 Å². The molecule has 1 amide bonds. The van der Waals surface area contributed by atoms with Crippen LogP contribution in [0.2, 0.25) is 0 Å². The number of amides is 1. The highest BCUT2D eigenvalue weighted by Crippen LogP contribution is 2.60. The lowest BCUT2D eigenvalue weighted by atomic mass is 9.90. The zero-order valence-corrected chi connectivity index (χ0v) is 41.8. The van der Waals surface area contributed by atoms with Crippen LogP contribution in [0.5, 0.6) is 0 Å². The monoisotopic (exact) mass is 1030 g/mol. The van der Waals surface area contributed by atoms with Crippen molar-refractivity contribution in [1.82, 2.24) is 14.9 Å². The number of carbonyl (C=O) groups excluding carboxylic acids is 6. The normalized spacial score (nSPS) is 24.5. The molecule has 11 atom stereocenters. The predicted octanol–water partition coefficient (Wildman–Crippen LogP) is -0.257. The van der Waals surface area contributed by atoms with Gasteiger partial charge < -0.3 is 66.4 Å². The van der Waals surface area contributed by atoms with Gasteiger partial charge in [0.05, 0.1) is 51.6 Å². The van der Waals surface area contributed by atoms with Crippen molar-refractivity contribution in [1.29, 1.82) is 0 Å². The number of aromatic nitrogens is 2. The van der Waals surface area contributed by atoms with Crippen molar-refractivity contribution >= 4 is 51.2 Å². The maximum atomic E-state index is 14.6. The van der Waals surface area contributed by atoms with Gasteiger partial charge in [0, 0.05) is 60.2 Å². The van der Waals surface area contributed by atoms with Gasteiger partial charge in [-0.15, -0.1) is 13.2 Å². The topological polar surface area (TPSA) is 332 Å². The highest BCUT2D eigenvalue weighted by molar-refractivity contribution is 7.55. The van der Waals surface area contributed by atoms with E-state index in [0.29, 0.717) is 0 Å². The lowest BCUT2D eigenvalue weighted by molar-refractivity contribution is -0.894. The van der Waals surface area contributed by atoms with E-state index in [1.165, 1.54) is 19.6 Å². The van der Waals surface area contributed by atoms with Crippen LogP contribution >= 0.6 is 15.4 Å². The third kappa shape index (κ3) is 19.4. The molecule has 2 aliphatic heterocycles. The van der Waals surface area contributed by atoms with Gasteiger partial charge >= 0.3 is 43.1 Å². The number of carbonyl (C=O) groups is 6. The molecule has 2 saturated heterocycles. The molecule has 0 radical (unpaired) electrons. The minimum atomic E-state index is -5.85. The Bertz CT molecular complexity index is 2120. The first-order chi connectivity index (χ1) is 32.3. The first kappa shape index (κ1) is 60.2. The molecule has 3 heterocycles. The maximum absolute atomic E-state index is 14.6. The van der Waals surface area contributed by atoms with Gasteiger partial charge in [-0.1, -0.05) is 12.2 Å². The molecule has 0 aromatic carbocycles. The van der Waals surface area contributed by atoms with Crippen LogP contribution in [-0.2, 0) is 89.2 Å². The minimum absolute atomic E-state index is 0.526. The van der Waals surface area contributed by atoms with Gasteiger partial charge in [0.25, 0.3) is 13.4 Å². The Morgan fingerprint density at radius 3 is 1.70 bits per heavy atom. The average molecular weight is 1030 g/mol. The molecule has 69 heavy (non-hydrogen) atoms. The van der Waals surface area contributed by atoms with Gasteiger partial charge in [0.15, 0.2) is 36.5 Å². The second-order valence-corrected chi connectivity index (χ2v) is 18.7. The summed E-state index contributed by atoms with van der Waals surface area (Å²) in [5, 5.41) is 2.49. The van der Waals surface area contributed by atoms with Crippen molar-refractivity contribution in [2.75, 3.05) is 46.1 Å². The number of quaternary nitrogens is 1. The lowest BCUT2D eigenvalue weighted by Gasteiger charge is -2.46. The number of phosphoric ester groups is 1. The van der Waals surface area contributed by atoms with Crippen LogP contribution < -0.4 is 26.4 Å². The Hall–Kier alpha value is -4.88. The molecule has 1 aromatic rings. The van der Waals surface area contributed by atoms with E-state index in [1.807, 2.05) is 4.98 Å². The maximum Gasteiger partial charge on any atom is 0.360 e. The summed E-state index contributed by atoms with van der Waals surface area (Å²) in [6.45, 7) is 20.7. The van der Waals surface area contributed by atoms with Crippen LogP contribution in [0, 0.1) is 0 Å². The third-order valence-corrected chi connectivity index (χ3v) is 13.1. The highest BCUT2D eigenvalue weighted by Gasteiger charge is 2.54. The van der Waals surface area contributed by atoms with E-state index in [1.54, 1.807) is 4.90 Å². The molecule has 2 aliphatic rings. The van der Waals surface area contributed by atoms with E-state index in [-0.39, 0.29) is 0 Å². The van der Waals surface area contributed by atoms with Gasteiger partial charge in [-0.25, -0.2) is 4.79 Å². The van der Waals surface area contributed by atoms with E-state index in [9.17, 15) is 52.4 Å². The largest absolute Gasteiger partial charge is 0.756 e. The molecule has 2 fully saturated rings. The van der Waals surface area contributed by atoms with Crippen molar-refractivity contribution in [3.63, 3.8) is 0 Å². The summed E-state index contributed by atoms with van der Waals surface area (Å²) < 4.78 is 89.2. The van der Waals surface area contributed by atoms with Gasteiger partial charge in [-0.3, -0.25) is 52.2 Å². The van der Waals surface area contributed by atoms with Crippen LogP contribution in [0.25, 0.3) is 0 Å². The Balaban J connectivity index is 0.00000216. The second kappa shape index (κ2) is 28.7.